The first-order valence-corrected chi connectivity index (χ1v) is 11.5. The number of halogens is 1. The Morgan fingerprint density at radius 2 is 1.88 bits per heavy atom. The van der Waals surface area contributed by atoms with E-state index >= 15 is 0 Å². The second-order valence-corrected chi connectivity index (χ2v) is 8.87. The first kappa shape index (κ1) is 21.5. The van der Waals surface area contributed by atoms with Gasteiger partial charge in [-0.15, -0.1) is 11.8 Å². The summed E-state index contributed by atoms with van der Waals surface area (Å²) in [6.45, 7) is 4.88. The summed E-state index contributed by atoms with van der Waals surface area (Å²) >= 11 is 5.46. The van der Waals surface area contributed by atoms with E-state index in [-0.39, 0.29) is 0 Å². The Morgan fingerprint density at radius 3 is 2.62 bits per heavy atom. The molecule has 0 saturated carbocycles. The first-order chi connectivity index (χ1) is 12.8. The van der Waals surface area contributed by atoms with Crippen LogP contribution in [-0.4, -0.2) is 28.0 Å². The Labute approximate surface area is 171 Å². The standard InChI is InChI=1S/C21H31BrN2OS/c1-2-3-4-5-6-7-14-25-16-21(15-24-13-12-23-18-24)26-17-19-8-10-20(22)11-9-19/h8-13,18,21H,2-7,14-17H2,1H3. The van der Waals surface area contributed by atoms with Crippen LogP contribution in [0.3, 0.4) is 0 Å². The van der Waals surface area contributed by atoms with Gasteiger partial charge in [-0.1, -0.05) is 67.1 Å². The van der Waals surface area contributed by atoms with Crippen molar-refractivity contribution in [1.82, 2.24) is 9.55 Å². The van der Waals surface area contributed by atoms with Crippen molar-refractivity contribution >= 4 is 27.7 Å². The molecule has 1 aromatic heterocycles. The largest absolute Gasteiger partial charge is 0.380 e. The highest BCUT2D eigenvalue weighted by atomic mass is 79.9. The molecule has 1 unspecified atom stereocenters. The Bertz CT molecular complexity index is 574. The molecule has 0 bridgehead atoms. The lowest BCUT2D eigenvalue weighted by Gasteiger charge is -2.17. The number of aromatic nitrogens is 2. The minimum absolute atomic E-state index is 0.438. The summed E-state index contributed by atoms with van der Waals surface area (Å²) in [6.07, 6.45) is 13.6. The molecule has 2 rings (SSSR count). The van der Waals surface area contributed by atoms with E-state index in [9.17, 15) is 0 Å². The van der Waals surface area contributed by atoms with Crippen molar-refractivity contribution < 1.29 is 4.74 Å². The molecular formula is C21H31BrN2OS. The minimum atomic E-state index is 0.438. The van der Waals surface area contributed by atoms with E-state index in [1.54, 1.807) is 0 Å². The Balaban J connectivity index is 1.70. The van der Waals surface area contributed by atoms with Gasteiger partial charge >= 0.3 is 0 Å². The molecule has 0 saturated heterocycles. The number of nitrogens with zero attached hydrogens (tertiary/aromatic N) is 2. The molecule has 144 valence electrons. The summed E-state index contributed by atoms with van der Waals surface area (Å²) in [5.41, 5.74) is 1.35. The summed E-state index contributed by atoms with van der Waals surface area (Å²) in [6, 6.07) is 8.58. The summed E-state index contributed by atoms with van der Waals surface area (Å²) < 4.78 is 9.27. The van der Waals surface area contributed by atoms with Crippen molar-refractivity contribution in [2.45, 2.75) is 63.0 Å². The highest BCUT2D eigenvalue weighted by Gasteiger charge is 2.11. The van der Waals surface area contributed by atoms with E-state index in [1.807, 2.05) is 30.5 Å². The molecule has 0 aliphatic rings. The van der Waals surface area contributed by atoms with E-state index in [0.29, 0.717) is 5.25 Å². The zero-order chi connectivity index (χ0) is 18.5. The molecule has 0 fully saturated rings. The summed E-state index contributed by atoms with van der Waals surface area (Å²) in [4.78, 5) is 4.16. The molecule has 1 atom stereocenters. The molecule has 0 amide bonds. The van der Waals surface area contributed by atoms with Gasteiger partial charge in [0.15, 0.2) is 0 Å². The molecule has 26 heavy (non-hydrogen) atoms. The number of ether oxygens (including phenoxy) is 1. The van der Waals surface area contributed by atoms with Gasteiger partial charge < -0.3 is 9.30 Å². The van der Waals surface area contributed by atoms with Crippen LogP contribution >= 0.6 is 27.7 Å². The third kappa shape index (κ3) is 9.24. The lowest BCUT2D eigenvalue weighted by Crippen LogP contribution is -2.19. The van der Waals surface area contributed by atoms with Gasteiger partial charge in [-0.05, 0) is 24.1 Å². The predicted octanol–water partition coefficient (Wildman–Crippen LogP) is 6.32. The Kier molecular flexibility index (Phi) is 11.1. The predicted molar refractivity (Wildman–Crippen MR) is 116 cm³/mol. The Hall–Kier alpha value is -0.780. The van der Waals surface area contributed by atoms with E-state index in [1.165, 1.54) is 44.1 Å². The average Bonchev–Trinajstić information content (AvgIpc) is 3.16. The van der Waals surface area contributed by atoms with Crippen molar-refractivity contribution in [1.29, 1.82) is 0 Å². The van der Waals surface area contributed by atoms with Crippen LogP contribution in [0, 0.1) is 0 Å². The molecule has 0 N–H and O–H groups in total. The zero-order valence-electron chi connectivity index (χ0n) is 15.8. The third-order valence-corrected chi connectivity index (χ3v) is 6.10. The van der Waals surface area contributed by atoms with Gasteiger partial charge in [0.05, 0.1) is 12.9 Å². The average molecular weight is 439 g/mol. The molecule has 5 heteroatoms. The summed E-state index contributed by atoms with van der Waals surface area (Å²) in [5.74, 6) is 1.01. The highest BCUT2D eigenvalue weighted by Crippen LogP contribution is 2.21. The van der Waals surface area contributed by atoms with Crippen LogP contribution in [0.1, 0.15) is 51.0 Å². The second kappa shape index (κ2) is 13.4. The fourth-order valence-electron chi connectivity index (χ4n) is 2.78. The molecule has 1 heterocycles. The van der Waals surface area contributed by atoms with E-state index in [4.69, 9.17) is 4.74 Å². The number of rotatable bonds is 14. The topological polar surface area (TPSA) is 27.1 Å². The van der Waals surface area contributed by atoms with Crippen molar-refractivity contribution in [2.75, 3.05) is 13.2 Å². The van der Waals surface area contributed by atoms with Gasteiger partial charge in [0.25, 0.3) is 0 Å². The maximum absolute atomic E-state index is 6.00. The van der Waals surface area contributed by atoms with Gasteiger partial charge in [-0.25, -0.2) is 4.98 Å². The molecule has 2 aromatic rings. The van der Waals surface area contributed by atoms with Crippen LogP contribution in [0.25, 0.3) is 0 Å². The van der Waals surface area contributed by atoms with Gasteiger partial charge in [0.2, 0.25) is 0 Å². The number of thioether (sulfide) groups is 1. The molecule has 3 nitrogen and oxygen atoms in total. The fourth-order valence-corrected chi connectivity index (χ4v) is 4.13. The first-order valence-electron chi connectivity index (χ1n) is 9.67. The van der Waals surface area contributed by atoms with Crippen molar-refractivity contribution in [3.8, 4) is 0 Å². The van der Waals surface area contributed by atoms with E-state index in [2.05, 4.69) is 56.7 Å². The van der Waals surface area contributed by atoms with Crippen LogP contribution in [0.15, 0.2) is 47.5 Å². The smallest absolute Gasteiger partial charge is 0.0946 e. The van der Waals surface area contributed by atoms with Gasteiger partial charge in [0, 0.05) is 41.0 Å². The molecule has 0 radical (unpaired) electrons. The van der Waals surface area contributed by atoms with Gasteiger partial charge in [0.1, 0.15) is 0 Å². The monoisotopic (exact) mass is 438 g/mol. The molecule has 0 spiro atoms. The SMILES string of the molecule is CCCCCCCCOCC(Cn1ccnc1)SCc1ccc(Br)cc1. The molecule has 0 aliphatic carbocycles. The molecule has 0 aliphatic heterocycles. The van der Waals surface area contributed by atoms with Crippen LogP contribution < -0.4 is 0 Å². The quantitative estimate of drug-likeness (QED) is 0.322. The second-order valence-electron chi connectivity index (χ2n) is 6.66. The number of unbranched alkanes of at least 4 members (excludes halogenated alkanes) is 5. The minimum Gasteiger partial charge on any atom is -0.380 e. The van der Waals surface area contributed by atoms with E-state index < -0.39 is 0 Å². The van der Waals surface area contributed by atoms with Crippen molar-refractivity contribution in [3.63, 3.8) is 0 Å². The summed E-state index contributed by atoms with van der Waals surface area (Å²) in [7, 11) is 0. The molecular weight excluding hydrogens is 408 g/mol. The molecule has 1 aromatic carbocycles. The van der Waals surface area contributed by atoms with Crippen molar-refractivity contribution in [3.05, 3.63) is 53.0 Å². The fraction of sp³-hybridized carbons (Fsp3) is 0.571. The number of benzene rings is 1. The van der Waals surface area contributed by atoms with E-state index in [0.717, 1.165) is 30.0 Å². The highest BCUT2D eigenvalue weighted by molar-refractivity contribution is 9.10. The Morgan fingerprint density at radius 1 is 1.12 bits per heavy atom. The maximum Gasteiger partial charge on any atom is 0.0946 e. The van der Waals surface area contributed by atoms with Crippen LogP contribution in [0.5, 0.6) is 0 Å². The normalized spacial score (nSPS) is 12.4. The van der Waals surface area contributed by atoms with Gasteiger partial charge in [-0.2, -0.15) is 0 Å². The summed E-state index contributed by atoms with van der Waals surface area (Å²) in [5, 5.41) is 0.438. The van der Waals surface area contributed by atoms with Crippen LogP contribution in [-0.2, 0) is 17.0 Å². The number of hydrogen-bond acceptors (Lipinski definition) is 3. The number of imidazole rings is 1. The lowest BCUT2D eigenvalue weighted by atomic mass is 10.1. The van der Waals surface area contributed by atoms with Crippen molar-refractivity contribution in [2.24, 2.45) is 0 Å². The van der Waals surface area contributed by atoms with Gasteiger partial charge in [-0.3, -0.25) is 0 Å². The van der Waals surface area contributed by atoms with Crippen LogP contribution in [0.2, 0.25) is 0 Å². The van der Waals surface area contributed by atoms with Crippen LogP contribution in [0.4, 0.5) is 0 Å². The lowest BCUT2D eigenvalue weighted by molar-refractivity contribution is 0.128. The zero-order valence-corrected chi connectivity index (χ0v) is 18.2. The number of hydrogen-bond donors (Lipinski definition) is 0. The maximum atomic E-state index is 6.00. The third-order valence-electron chi connectivity index (χ3n) is 4.32.